The maximum absolute atomic E-state index is 11.8. The molecule has 5 nitrogen and oxygen atoms in total. The minimum atomic E-state index is -0.465. The van der Waals surface area contributed by atoms with Crippen molar-refractivity contribution in [2.24, 2.45) is 0 Å². The van der Waals surface area contributed by atoms with Gasteiger partial charge in [0.15, 0.2) is 5.82 Å². The third-order valence-electron chi connectivity index (χ3n) is 2.71. The minimum Gasteiger partial charge on any atom is -0.462 e. The van der Waals surface area contributed by atoms with E-state index in [1.54, 1.807) is 13.1 Å². The van der Waals surface area contributed by atoms with Gasteiger partial charge in [-0.25, -0.2) is 14.8 Å². The minimum absolute atomic E-state index is 0.107. The molecule has 0 fully saturated rings. The van der Waals surface area contributed by atoms with Gasteiger partial charge in [0, 0.05) is 12.4 Å². The normalized spacial score (nSPS) is 10.3. The van der Waals surface area contributed by atoms with Crippen molar-refractivity contribution in [1.82, 2.24) is 15.0 Å². The highest BCUT2D eigenvalue weighted by Gasteiger charge is 2.16. The lowest BCUT2D eigenvalue weighted by molar-refractivity contribution is 0.0524. The van der Waals surface area contributed by atoms with E-state index in [0.29, 0.717) is 29.4 Å². The number of nitrogens with zero attached hydrogens (tertiary/aromatic N) is 3. The molecule has 0 unspecified atom stereocenters. The van der Waals surface area contributed by atoms with Gasteiger partial charge in [0.25, 0.3) is 0 Å². The number of pyridine rings is 1. The maximum atomic E-state index is 11.8. The molecule has 0 aliphatic rings. The van der Waals surface area contributed by atoms with Gasteiger partial charge < -0.3 is 4.74 Å². The summed E-state index contributed by atoms with van der Waals surface area (Å²) in [6, 6.07) is 3.76. The summed E-state index contributed by atoms with van der Waals surface area (Å²) in [4.78, 5) is 24.5. The molecule has 6 heteroatoms. The SMILES string of the molecule is CCOC(=O)c1cnc(-c2ncccc2C)nc1CCl. The summed E-state index contributed by atoms with van der Waals surface area (Å²) in [6.45, 7) is 3.96. The number of hydrogen-bond acceptors (Lipinski definition) is 5. The average Bonchev–Trinajstić information content (AvgIpc) is 2.47. The van der Waals surface area contributed by atoms with E-state index in [2.05, 4.69) is 15.0 Å². The summed E-state index contributed by atoms with van der Waals surface area (Å²) in [5, 5.41) is 0. The molecule has 0 N–H and O–H groups in total. The Morgan fingerprint density at radius 3 is 2.85 bits per heavy atom. The van der Waals surface area contributed by atoms with E-state index in [1.807, 2.05) is 19.1 Å². The lowest BCUT2D eigenvalue weighted by atomic mass is 10.2. The fraction of sp³-hybridized carbons (Fsp3) is 0.286. The lowest BCUT2D eigenvalue weighted by Crippen LogP contribution is -2.11. The number of rotatable bonds is 4. The zero-order chi connectivity index (χ0) is 14.5. The summed E-state index contributed by atoms with van der Waals surface area (Å²) >= 11 is 5.86. The van der Waals surface area contributed by atoms with E-state index in [4.69, 9.17) is 16.3 Å². The van der Waals surface area contributed by atoms with Gasteiger partial charge in [0.1, 0.15) is 11.3 Å². The topological polar surface area (TPSA) is 65.0 Å². The van der Waals surface area contributed by atoms with Crippen molar-refractivity contribution in [3.05, 3.63) is 41.3 Å². The molecule has 0 bridgehead atoms. The van der Waals surface area contributed by atoms with Crippen LogP contribution in [0.15, 0.2) is 24.5 Å². The molecule has 2 rings (SSSR count). The first kappa shape index (κ1) is 14.4. The number of carbonyl (C=O) groups excluding carboxylic acids is 1. The van der Waals surface area contributed by atoms with Gasteiger partial charge in [0.2, 0.25) is 0 Å². The van der Waals surface area contributed by atoms with Crippen molar-refractivity contribution in [3.63, 3.8) is 0 Å². The number of esters is 1. The Labute approximate surface area is 122 Å². The van der Waals surface area contributed by atoms with Crippen molar-refractivity contribution in [1.29, 1.82) is 0 Å². The molecule has 0 aliphatic carbocycles. The largest absolute Gasteiger partial charge is 0.462 e. The average molecular weight is 292 g/mol. The van der Waals surface area contributed by atoms with Crippen molar-refractivity contribution >= 4 is 17.6 Å². The predicted octanol–water partition coefficient (Wildman–Crippen LogP) is 2.76. The number of ether oxygens (including phenoxy) is 1. The highest BCUT2D eigenvalue weighted by molar-refractivity contribution is 6.17. The Bertz CT molecular complexity index is 632. The van der Waals surface area contributed by atoms with Gasteiger partial charge in [-0.3, -0.25) is 4.98 Å². The van der Waals surface area contributed by atoms with Crippen LogP contribution in [0.5, 0.6) is 0 Å². The second-order valence-electron chi connectivity index (χ2n) is 4.08. The Morgan fingerprint density at radius 2 is 2.20 bits per heavy atom. The number of hydrogen-bond donors (Lipinski definition) is 0. The number of carbonyl (C=O) groups is 1. The molecule has 0 atom stereocenters. The third-order valence-corrected chi connectivity index (χ3v) is 2.96. The van der Waals surface area contributed by atoms with Crippen molar-refractivity contribution in [2.45, 2.75) is 19.7 Å². The molecule has 0 amide bonds. The van der Waals surface area contributed by atoms with E-state index in [9.17, 15) is 4.79 Å². The number of alkyl halides is 1. The molecular formula is C14H14ClN3O2. The summed E-state index contributed by atoms with van der Waals surface area (Å²) in [7, 11) is 0. The molecule has 0 spiro atoms. The van der Waals surface area contributed by atoms with Gasteiger partial charge in [-0.2, -0.15) is 0 Å². The molecule has 0 saturated heterocycles. The lowest BCUT2D eigenvalue weighted by Gasteiger charge is -2.08. The van der Waals surface area contributed by atoms with E-state index in [1.165, 1.54) is 6.20 Å². The van der Waals surface area contributed by atoms with E-state index in [0.717, 1.165) is 5.56 Å². The fourth-order valence-electron chi connectivity index (χ4n) is 1.73. The Balaban J connectivity index is 2.45. The Kier molecular flexibility index (Phi) is 4.63. The van der Waals surface area contributed by atoms with Crippen molar-refractivity contribution < 1.29 is 9.53 Å². The molecule has 104 valence electrons. The molecule has 2 aromatic heterocycles. The van der Waals surface area contributed by atoms with Crippen LogP contribution in [-0.4, -0.2) is 27.5 Å². The molecule has 2 aromatic rings. The van der Waals surface area contributed by atoms with Gasteiger partial charge >= 0.3 is 5.97 Å². The molecule has 0 saturated carbocycles. The quantitative estimate of drug-likeness (QED) is 0.640. The van der Waals surface area contributed by atoms with Crippen molar-refractivity contribution in [2.75, 3.05) is 6.61 Å². The number of halogens is 1. The highest BCUT2D eigenvalue weighted by Crippen LogP contribution is 2.19. The van der Waals surface area contributed by atoms with Crippen LogP contribution in [0.1, 0.15) is 28.5 Å². The predicted molar refractivity (Wildman–Crippen MR) is 75.5 cm³/mol. The Hall–Kier alpha value is -2.01. The van der Waals surface area contributed by atoms with Crippen LogP contribution in [0.2, 0.25) is 0 Å². The molecule has 0 radical (unpaired) electrons. The van der Waals surface area contributed by atoms with Crippen LogP contribution in [0.25, 0.3) is 11.5 Å². The molecule has 0 aliphatic heterocycles. The van der Waals surface area contributed by atoms with Gasteiger partial charge in [-0.15, -0.1) is 11.6 Å². The monoisotopic (exact) mass is 291 g/mol. The zero-order valence-electron chi connectivity index (χ0n) is 11.3. The third kappa shape index (κ3) is 2.93. The maximum Gasteiger partial charge on any atom is 0.341 e. The second kappa shape index (κ2) is 6.43. The first-order valence-corrected chi connectivity index (χ1v) is 6.71. The molecular weight excluding hydrogens is 278 g/mol. The number of aryl methyl sites for hydroxylation is 1. The van der Waals surface area contributed by atoms with Crippen LogP contribution in [-0.2, 0) is 10.6 Å². The summed E-state index contributed by atoms with van der Waals surface area (Å²) in [6.07, 6.45) is 3.11. The molecule has 2 heterocycles. The first-order valence-electron chi connectivity index (χ1n) is 6.18. The fourth-order valence-corrected chi connectivity index (χ4v) is 1.94. The second-order valence-corrected chi connectivity index (χ2v) is 4.34. The Morgan fingerprint density at radius 1 is 1.40 bits per heavy atom. The summed E-state index contributed by atoms with van der Waals surface area (Å²) in [5.41, 5.74) is 2.37. The van der Waals surface area contributed by atoms with Crippen molar-refractivity contribution in [3.8, 4) is 11.5 Å². The smallest absolute Gasteiger partial charge is 0.341 e. The highest BCUT2D eigenvalue weighted by atomic mass is 35.5. The van der Waals surface area contributed by atoms with E-state index < -0.39 is 5.97 Å². The van der Waals surface area contributed by atoms with Crippen LogP contribution < -0.4 is 0 Å². The zero-order valence-corrected chi connectivity index (χ0v) is 12.0. The standard InChI is InChI=1S/C14H14ClN3O2/c1-3-20-14(19)10-8-17-13(18-11(10)7-15)12-9(2)5-4-6-16-12/h4-6,8H,3,7H2,1-2H3. The van der Waals surface area contributed by atoms with Crippen LogP contribution in [0.4, 0.5) is 0 Å². The summed E-state index contributed by atoms with van der Waals surface area (Å²) < 4.78 is 4.95. The van der Waals surface area contributed by atoms with Gasteiger partial charge in [-0.05, 0) is 25.5 Å². The van der Waals surface area contributed by atoms with Gasteiger partial charge in [-0.1, -0.05) is 6.07 Å². The summed E-state index contributed by atoms with van der Waals surface area (Å²) in [5.74, 6) is 0.0921. The molecule has 0 aromatic carbocycles. The molecule has 20 heavy (non-hydrogen) atoms. The van der Waals surface area contributed by atoms with E-state index in [-0.39, 0.29) is 5.88 Å². The van der Waals surface area contributed by atoms with Crippen LogP contribution >= 0.6 is 11.6 Å². The van der Waals surface area contributed by atoms with Gasteiger partial charge in [0.05, 0.1) is 18.2 Å². The number of aromatic nitrogens is 3. The van der Waals surface area contributed by atoms with Crippen LogP contribution in [0.3, 0.4) is 0 Å². The first-order chi connectivity index (χ1) is 9.67. The van der Waals surface area contributed by atoms with Crippen LogP contribution in [0, 0.1) is 6.92 Å². The van der Waals surface area contributed by atoms with E-state index >= 15 is 0 Å².